The fourth-order valence-corrected chi connectivity index (χ4v) is 2.45. The molecule has 2 aromatic rings. The maximum atomic E-state index is 12.5. The molecule has 0 bridgehead atoms. The van der Waals surface area contributed by atoms with E-state index >= 15 is 0 Å². The second-order valence-corrected chi connectivity index (χ2v) is 4.66. The van der Waals surface area contributed by atoms with Gasteiger partial charge in [-0.3, -0.25) is 14.4 Å². The van der Waals surface area contributed by atoms with Gasteiger partial charge in [0, 0.05) is 16.7 Å². The molecule has 21 heavy (non-hydrogen) atoms. The van der Waals surface area contributed by atoms with E-state index in [0.717, 1.165) is 0 Å². The summed E-state index contributed by atoms with van der Waals surface area (Å²) in [6.07, 6.45) is 1.82. The molecule has 0 saturated heterocycles. The number of benzene rings is 2. The average molecular weight is 278 g/mol. The van der Waals surface area contributed by atoms with Crippen LogP contribution in [0.25, 0.3) is 5.57 Å². The first-order valence-electron chi connectivity index (χ1n) is 6.30. The van der Waals surface area contributed by atoms with Gasteiger partial charge < -0.3 is 5.11 Å². The van der Waals surface area contributed by atoms with Crippen molar-refractivity contribution in [2.45, 2.75) is 0 Å². The van der Waals surface area contributed by atoms with E-state index in [2.05, 4.69) is 0 Å². The maximum Gasteiger partial charge on any atom is 0.194 e. The number of rotatable bonds is 2. The fraction of sp³-hybridized carbons (Fsp3) is 0. The van der Waals surface area contributed by atoms with E-state index in [4.69, 9.17) is 0 Å². The lowest BCUT2D eigenvalue weighted by atomic mass is 9.84. The molecule has 0 unspecified atom stereocenters. The molecule has 1 aliphatic rings. The number of ketones is 2. The Kier molecular flexibility index (Phi) is 2.99. The Balaban J connectivity index is 2.22. The molecule has 1 aliphatic carbocycles. The maximum absolute atomic E-state index is 12.5. The molecule has 0 atom stereocenters. The summed E-state index contributed by atoms with van der Waals surface area (Å²) < 4.78 is 0. The van der Waals surface area contributed by atoms with Crippen LogP contribution in [0.5, 0.6) is 5.75 Å². The fourth-order valence-electron chi connectivity index (χ4n) is 2.45. The van der Waals surface area contributed by atoms with Crippen molar-refractivity contribution in [2.24, 2.45) is 0 Å². The van der Waals surface area contributed by atoms with E-state index in [9.17, 15) is 19.5 Å². The molecule has 0 aromatic heterocycles. The van der Waals surface area contributed by atoms with Gasteiger partial charge in [0.2, 0.25) is 0 Å². The zero-order valence-electron chi connectivity index (χ0n) is 10.9. The molecule has 4 heteroatoms. The molecule has 3 rings (SSSR count). The number of Topliss-reactive ketones (excluding diaryl/α,β-unsaturated/α-hetero) is 1. The van der Waals surface area contributed by atoms with Crippen LogP contribution in [0.4, 0.5) is 0 Å². The molecule has 0 heterocycles. The molecule has 0 aliphatic heterocycles. The molecule has 0 saturated carbocycles. The second kappa shape index (κ2) is 4.83. The van der Waals surface area contributed by atoms with Gasteiger partial charge in [0.15, 0.2) is 17.9 Å². The SMILES string of the molecule is O=Cc1ccccc1C1=CC(=O)c2c(O)cccc2C1=O. The van der Waals surface area contributed by atoms with Gasteiger partial charge in [0.1, 0.15) is 5.75 Å². The molecule has 2 aromatic carbocycles. The predicted octanol–water partition coefficient (Wildman–Crippen LogP) is 2.67. The van der Waals surface area contributed by atoms with Gasteiger partial charge in [-0.05, 0) is 17.7 Å². The highest BCUT2D eigenvalue weighted by molar-refractivity contribution is 6.39. The van der Waals surface area contributed by atoms with E-state index in [1.165, 1.54) is 24.3 Å². The van der Waals surface area contributed by atoms with Crippen LogP contribution < -0.4 is 0 Å². The highest BCUT2D eigenvalue weighted by atomic mass is 16.3. The summed E-state index contributed by atoms with van der Waals surface area (Å²) in [4.78, 5) is 35.8. The molecule has 102 valence electrons. The van der Waals surface area contributed by atoms with Crippen molar-refractivity contribution in [2.75, 3.05) is 0 Å². The zero-order valence-corrected chi connectivity index (χ0v) is 10.9. The van der Waals surface area contributed by atoms with Crippen molar-refractivity contribution < 1.29 is 19.5 Å². The van der Waals surface area contributed by atoms with Crippen LogP contribution in [-0.4, -0.2) is 23.0 Å². The molecule has 0 spiro atoms. The van der Waals surface area contributed by atoms with Crippen molar-refractivity contribution >= 4 is 23.4 Å². The van der Waals surface area contributed by atoms with Crippen LogP contribution in [0, 0.1) is 0 Å². The Labute approximate surface area is 120 Å². The number of carbonyl (C=O) groups excluding carboxylic acids is 3. The van der Waals surface area contributed by atoms with Gasteiger partial charge in [-0.15, -0.1) is 0 Å². The number of hydrogen-bond acceptors (Lipinski definition) is 4. The topological polar surface area (TPSA) is 71.4 Å². The van der Waals surface area contributed by atoms with Crippen molar-refractivity contribution in [3.63, 3.8) is 0 Å². The van der Waals surface area contributed by atoms with E-state index in [1.54, 1.807) is 24.3 Å². The monoisotopic (exact) mass is 278 g/mol. The van der Waals surface area contributed by atoms with Crippen LogP contribution >= 0.6 is 0 Å². The molecular formula is C17H10O4. The normalized spacial score (nSPS) is 13.6. The quantitative estimate of drug-likeness (QED) is 0.857. The van der Waals surface area contributed by atoms with Crippen LogP contribution in [0.2, 0.25) is 0 Å². The van der Waals surface area contributed by atoms with Crippen molar-refractivity contribution in [1.29, 1.82) is 0 Å². The highest BCUT2D eigenvalue weighted by Crippen LogP contribution is 2.33. The minimum atomic E-state index is -0.446. The summed E-state index contributed by atoms with van der Waals surface area (Å²) in [6.45, 7) is 0. The lowest BCUT2D eigenvalue weighted by Crippen LogP contribution is -2.17. The largest absolute Gasteiger partial charge is 0.507 e. The average Bonchev–Trinajstić information content (AvgIpc) is 2.50. The number of phenolic OH excluding ortho intramolecular Hbond substituents is 1. The molecular weight excluding hydrogens is 268 g/mol. The van der Waals surface area contributed by atoms with Gasteiger partial charge in [0.05, 0.1) is 5.56 Å². The lowest BCUT2D eigenvalue weighted by Gasteiger charge is -2.17. The summed E-state index contributed by atoms with van der Waals surface area (Å²) in [7, 11) is 0. The van der Waals surface area contributed by atoms with Crippen molar-refractivity contribution in [3.8, 4) is 5.75 Å². The number of carbonyl (C=O) groups is 3. The zero-order chi connectivity index (χ0) is 15.0. The predicted molar refractivity (Wildman–Crippen MR) is 76.6 cm³/mol. The number of fused-ring (bicyclic) bond motifs is 1. The number of phenols is 1. The summed E-state index contributed by atoms with van der Waals surface area (Å²) in [5, 5.41) is 9.74. The number of hydrogen-bond donors (Lipinski definition) is 1. The highest BCUT2D eigenvalue weighted by Gasteiger charge is 2.29. The lowest BCUT2D eigenvalue weighted by molar-refractivity contribution is 0.0999. The van der Waals surface area contributed by atoms with Crippen LogP contribution in [0.3, 0.4) is 0 Å². The van der Waals surface area contributed by atoms with E-state index in [-0.39, 0.29) is 28.2 Å². The standard InChI is InChI=1S/C17H10O4/c18-9-10-4-1-2-5-11(10)13-8-15(20)16-12(17(13)21)6-3-7-14(16)19/h1-9,19H. The van der Waals surface area contributed by atoms with Crippen LogP contribution in [0.1, 0.15) is 36.6 Å². The summed E-state index contributed by atoms with van der Waals surface area (Å²) >= 11 is 0. The number of aldehydes is 1. The van der Waals surface area contributed by atoms with Gasteiger partial charge in [-0.2, -0.15) is 0 Å². The first-order chi connectivity index (χ1) is 10.1. The Morgan fingerprint density at radius 1 is 0.905 bits per heavy atom. The third-order valence-corrected chi connectivity index (χ3v) is 3.43. The van der Waals surface area contributed by atoms with Gasteiger partial charge >= 0.3 is 0 Å². The Hall–Kier alpha value is -3.01. The Morgan fingerprint density at radius 2 is 1.62 bits per heavy atom. The van der Waals surface area contributed by atoms with Gasteiger partial charge in [0.25, 0.3) is 0 Å². The van der Waals surface area contributed by atoms with E-state index in [0.29, 0.717) is 17.4 Å². The molecule has 0 radical (unpaired) electrons. The summed E-state index contributed by atoms with van der Waals surface area (Å²) in [6, 6.07) is 10.9. The summed E-state index contributed by atoms with van der Waals surface area (Å²) in [5.74, 6) is -1.04. The second-order valence-electron chi connectivity index (χ2n) is 4.66. The van der Waals surface area contributed by atoms with Crippen molar-refractivity contribution in [3.05, 3.63) is 70.8 Å². The molecule has 0 fully saturated rings. The molecule has 1 N–H and O–H groups in total. The van der Waals surface area contributed by atoms with Gasteiger partial charge in [-0.25, -0.2) is 0 Å². The minimum Gasteiger partial charge on any atom is -0.507 e. The van der Waals surface area contributed by atoms with Gasteiger partial charge in [-0.1, -0.05) is 36.4 Å². The van der Waals surface area contributed by atoms with Crippen molar-refractivity contribution in [1.82, 2.24) is 0 Å². The third-order valence-electron chi connectivity index (χ3n) is 3.43. The van der Waals surface area contributed by atoms with Crippen LogP contribution in [-0.2, 0) is 0 Å². The smallest absolute Gasteiger partial charge is 0.194 e. The first-order valence-corrected chi connectivity index (χ1v) is 6.30. The number of allylic oxidation sites excluding steroid dienone is 2. The Bertz CT molecular complexity index is 815. The first kappa shape index (κ1) is 13.0. The molecule has 4 nitrogen and oxygen atoms in total. The van der Waals surface area contributed by atoms with E-state index in [1.807, 2.05) is 0 Å². The van der Waals surface area contributed by atoms with E-state index < -0.39 is 5.78 Å². The summed E-state index contributed by atoms with van der Waals surface area (Å²) in [5.41, 5.74) is 1.09. The third kappa shape index (κ3) is 1.97. The molecule has 0 amide bonds. The number of aromatic hydroxyl groups is 1. The Morgan fingerprint density at radius 3 is 2.38 bits per heavy atom. The van der Waals surface area contributed by atoms with Crippen LogP contribution in [0.15, 0.2) is 48.5 Å². The minimum absolute atomic E-state index is 0.00911.